The monoisotopic (exact) mass is 465 g/mol. The minimum absolute atomic E-state index is 0.112. The highest BCUT2D eigenvalue weighted by atomic mass is 16.5. The number of carbonyl (C=O) groups is 1. The Kier molecular flexibility index (Phi) is 6.41. The molecular formula is C27H31NO6. The van der Waals surface area contributed by atoms with Crippen molar-refractivity contribution in [1.29, 1.82) is 0 Å². The zero-order valence-electron chi connectivity index (χ0n) is 20.3. The van der Waals surface area contributed by atoms with Crippen LogP contribution in [0, 0.1) is 6.92 Å². The van der Waals surface area contributed by atoms with E-state index in [9.17, 15) is 14.7 Å². The van der Waals surface area contributed by atoms with E-state index in [1.165, 1.54) is 0 Å². The molecule has 3 aromatic rings. The normalized spacial score (nSPS) is 15.4. The van der Waals surface area contributed by atoms with Crippen molar-refractivity contribution in [3.8, 4) is 11.5 Å². The molecule has 180 valence electrons. The highest BCUT2D eigenvalue weighted by Gasteiger charge is 2.31. The second-order valence-electron chi connectivity index (χ2n) is 9.46. The molecule has 0 radical (unpaired) electrons. The van der Waals surface area contributed by atoms with E-state index in [1.807, 2.05) is 26.8 Å². The maximum atomic E-state index is 12.9. The highest BCUT2D eigenvalue weighted by molar-refractivity contribution is 5.93. The summed E-state index contributed by atoms with van der Waals surface area (Å²) in [6.07, 6.45) is 1.26. The van der Waals surface area contributed by atoms with E-state index in [1.54, 1.807) is 38.3 Å². The Morgan fingerprint density at radius 2 is 2.06 bits per heavy atom. The summed E-state index contributed by atoms with van der Waals surface area (Å²) in [7, 11) is 1.58. The lowest BCUT2D eigenvalue weighted by atomic mass is 9.91. The Morgan fingerprint density at radius 3 is 2.76 bits per heavy atom. The molecule has 2 aromatic carbocycles. The quantitative estimate of drug-likeness (QED) is 0.506. The van der Waals surface area contributed by atoms with Crippen LogP contribution >= 0.6 is 0 Å². The van der Waals surface area contributed by atoms with Gasteiger partial charge < -0.3 is 24.3 Å². The number of nitrogens with one attached hydrogen (secondary N) is 1. The Hall–Kier alpha value is -3.32. The van der Waals surface area contributed by atoms with Crippen molar-refractivity contribution < 1.29 is 23.8 Å². The highest BCUT2D eigenvalue weighted by Crippen LogP contribution is 2.43. The topological polar surface area (TPSA) is 98.0 Å². The third kappa shape index (κ3) is 4.66. The molecule has 34 heavy (non-hydrogen) atoms. The van der Waals surface area contributed by atoms with Gasteiger partial charge in [0.15, 0.2) is 0 Å². The fourth-order valence-corrected chi connectivity index (χ4v) is 4.47. The number of rotatable bonds is 6. The molecular weight excluding hydrogens is 434 g/mol. The van der Waals surface area contributed by atoms with Gasteiger partial charge in [-0.2, -0.15) is 0 Å². The van der Waals surface area contributed by atoms with Crippen molar-refractivity contribution in [2.45, 2.75) is 65.1 Å². The lowest BCUT2D eigenvalue weighted by Gasteiger charge is -2.33. The second-order valence-corrected chi connectivity index (χ2v) is 9.46. The first-order chi connectivity index (χ1) is 16.1. The molecule has 0 aliphatic carbocycles. The molecule has 2 heterocycles. The van der Waals surface area contributed by atoms with Crippen molar-refractivity contribution in [2.24, 2.45) is 0 Å². The number of anilines is 1. The Bertz CT molecular complexity index is 1300. The summed E-state index contributed by atoms with van der Waals surface area (Å²) in [6.45, 7) is 7.59. The van der Waals surface area contributed by atoms with Gasteiger partial charge in [-0.15, -0.1) is 0 Å². The number of methoxy groups -OCH3 is 1. The minimum Gasteiger partial charge on any atom is -0.496 e. The average molecular weight is 466 g/mol. The summed E-state index contributed by atoms with van der Waals surface area (Å²) in [5, 5.41) is 13.3. The lowest BCUT2D eigenvalue weighted by molar-refractivity contribution is -0.116. The fourth-order valence-electron chi connectivity index (χ4n) is 4.47. The summed E-state index contributed by atoms with van der Waals surface area (Å²) in [6, 6.07) is 8.92. The van der Waals surface area contributed by atoms with Gasteiger partial charge in [0, 0.05) is 29.3 Å². The van der Waals surface area contributed by atoms with E-state index < -0.39 is 11.7 Å². The van der Waals surface area contributed by atoms with E-state index in [0.29, 0.717) is 33.9 Å². The van der Waals surface area contributed by atoms with Gasteiger partial charge in [0.05, 0.1) is 18.6 Å². The summed E-state index contributed by atoms with van der Waals surface area (Å²) in [5.74, 6) is 1.03. The molecule has 0 unspecified atom stereocenters. The van der Waals surface area contributed by atoms with Crippen LogP contribution in [0.15, 0.2) is 39.5 Å². The van der Waals surface area contributed by atoms with E-state index in [0.717, 1.165) is 29.4 Å². The predicted octanol–water partition coefficient (Wildman–Crippen LogP) is 4.84. The van der Waals surface area contributed by atoms with Crippen LogP contribution in [0.1, 0.15) is 62.0 Å². The zero-order valence-corrected chi connectivity index (χ0v) is 20.3. The maximum Gasteiger partial charge on any atom is 0.339 e. The molecule has 7 nitrogen and oxygen atoms in total. The Labute approximate surface area is 198 Å². The summed E-state index contributed by atoms with van der Waals surface area (Å²) in [5.41, 5.74) is 3.13. The largest absolute Gasteiger partial charge is 0.496 e. The van der Waals surface area contributed by atoms with Crippen LogP contribution in [-0.4, -0.2) is 23.7 Å². The number of benzene rings is 2. The first-order valence-corrected chi connectivity index (χ1v) is 11.5. The predicted molar refractivity (Wildman–Crippen MR) is 131 cm³/mol. The number of hydrogen-bond donors (Lipinski definition) is 2. The molecule has 2 N–H and O–H groups in total. The number of aryl methyl sites for hydroxylation is 2. The number of hydrogen-bond acceptors (Lipinski definition) is 6. The molecule has 1 aliphatic heterocycles. The molecule has 1 amide bonds. The number of aliphatic hydroxyl groups is 1. The van der Waals surface area contributed by atoms with Gasteiger partial charge in [-0.3, -0.25) is 4.79 Å². The van der Waals surface area contributed by atoms with Crippen LogP contribution < -0.4 is 20.4 Å². The second kappa shape index (κ2) is 9.14. The molecule has 7 heteroatoms. The molecule has 0 fully saturated rings. The van der Waals surface area contributed by atoms with Gasteiger partial charge >= 0.3 is 5.63 Å². The fraction of sp³-hybridized carbons (Fsp3) is 0.407. The lowest BCUT2D eigenvalue weighted by Crippen LogP contribution is -2.32. The van der Waals surface area contributed by atoms with Gasteiger partial charge in [-0.05, 0) is 70.2 Å². The first-order valence-electron chi connectivity index (χ1n) is 11.5. The van der Waals surface area contributed by atoms with E-state index >= 15 is 0 Å². The van der Waals surface area contributed by atoms with E-state index in [4.69, 9.17) is 13.9 Å². The van der Waals surface area contributed by atoms with Crippen LogP contribution in [0.25, 0.3) is 11.0 Å². The molecule has 1 aromatic heterocycles. The number of fused-ring (bicyclic) bond motifs is 3. The van der Waals surface area contributed by atoms with Crippen molar-refractivity contribution >= 4 is 22.6 Å². The standard InChI is InChI=1S/C27H31NO6/c1-15-19(9-10-23(30)28-18-8-6-7-17(13-18)16(2)29)26(31)33-25-20-11-12-27(3,4)34-21(20)14-22(32-5)24(15)25/h6-8,13-14,16,29H,9-12H2,1-5H3,(H,28,30)/t16-/m0/s1. The van der Waals surface area contributed by atoms with Gasteiger partial charge in [-0.25, -0.2) is 4.79 Å². The Balaban J connectivity index is 1.62. The number of amides is 1. The van der Waals surface area contributed by atoms with Gasteiger partial charge in [0.1, 0.15) is 22.7 Å². The maximum absolute atomic E-state index is 12.9. The molecule has 0 saturated carbocycles. The van der Waals surface area contributed by atoms with Crippen molar-refractivity contribution in [2.75, 3.05) is 12.4 Å². The minimum atomic E-state index is -0.626. The van der Waals surface area contributed by atoms with Gasteiger partial charge in [0.25, 0.3) is 0 Å². The summed E-state index contributed by atoms with van der Waals surface area (Å²) >= 11 is 0. The van der Waals surface area contributed by atoms with Gasteiger partial charge in [-0.1, -0.05) is 12.1 Å². The van der Waals surface area contributed by atoms with Crippen LogP contribution in [0.3, 0.4) is 0 Å². The third-order valence-corrected chi connectivity index (χ3v) is 6.41. The van der Waals surface area contributed by atoms with Gasteiger partial charge in [0.2, 0.25) is 5.91 Å². The Morgan fingerprint density at radius 1 is 1.29 bits per heavy atom. The smallest absolute Gasteiger partial charge is 0.339 e. The van der Waals surface area contributed by atoms with Crippen LogP contribution in [0.5, 0.6) is 11.5 Å². The summed E-state index contributed by atoms with van der Waals surface area (Å²) in [4.78, 5) is 25.5. The van der Waals surface area contributed by atoms with Crippen molar-refractivity contribution in [1.82, 2.24) is 0 Å². The number of aliphatic hydroxyl groups excluding tert-OH is 1. The number of carbonyl (C=O) groups excluding carboxylic acids is 1. The number of ether oxygens (including phenoxy) is 2. The van der Waals surface area contributed by atoms with E-state index in [2.05, 4.69) is 5.32 Å². The van der Waals surface area contributed by atoms with Crippen molar-refractivity contribution in [3.63, 3.8) is 0 Å². The van der Waals surface area contributed by atoms with Crippen LogP contribution in [0.2, 0.25) is 0 Å². The summed E-state index contributed by atoms with van der Waals surface area (Å²) < 4.78 is 17.6. The molecule has 0 spiro atoms. The van der Waals surface area contributed by atoms with E-state index in [-0.39, 0.29) is 24.3 Å². The van der Waals surface area contributed by atoms with Crippen LogP contribution in [0.4, 0.5) is 5.69 Å². The molecule has 0 bridgehead atoms. The third-order valence-electron chi connectivity index (χ3n) is 6.41. The zero-order chi connectivity index (χ0) is 24.6. The molecule has 1 atom stereocenters. The van der Waals surface area contributed by atoms with Crippen LogP contribution in [-0.2, 0) is 17.6 Å². The molecule has 4 rings (SSSR count). The van der Waals surface area contributed by atoms with Crippen molar-refractivity contribution in [3.05, 3.63) is 63.0 Å². The first kappa shape index (κ1) is 23.8. The molecule has 0 saturated heterocycles. The SMILES string of the molecule is COc1cc2c(c3oc(=O)c(CCC(=O)Nc4cccc([C@H](C)O)c4)c(C)c13)CCC(C)(C)O2. The average Bonchev–Trinajstić information content (AvgIpc) is 2.77. The molecule has 1 aliphatic rings.